The van der Waals surface area contributed by atoms with Gasteiger partial charge in [-0.15, -0.1) is 12.4 Å². The number of hydrogen-bond acceptors (Lipinski definition) is 4. The van der Waals surface area contributed by atoms with Crippen LogP contribution in [-0.4, -0.2) is 25.9 Å². The highest BCUT2D eigenvalue weighted by atomic mass is 35.5. The number of nitrogens with one attached hydrogen (secondary N) is 1. The van der Waals surface area contributed by atoms with Gasteiger partial charge in [0, 0.05) is 43.0 Å². The van der Waals surface area contributed by atoms with Crippen LogP contribution in [0, 0.1) is 11.8 Å². The molecule has 3 aliphatic heterocycles. The van der Waals surface area contributed by atoms with Crippen LogP contribution in [0.5, 0.6) is 11.5 Å². The van der Waals surface area contributed by atoms with Gasteiger partial charge in [-0.25, -0.2) is 0 Å². The van der Waals surface area contributed by atoms with Crippen molar-refractivity contribution >= 4 is 18.1 Å². The average molecular weight is 402 g/mol. The second-order valence-corrected chi connectivity index (χ2v) is 7.88. The molecule has 0 aliphatic carbocycles. The first-order valence-electron chi connectivity index (χ1n) is 10.2. The average Bonchev–Trinajstić information content (AvgIpc) is 2.75. The van der Waals surface area contributed by atoms with Crippen molar-refractivity contribution in [1.82, 2.24) is 0 Å². The molecule has 4 nitrogen and oxygen atoms in total. The third-order valence-electron chi connectivity index (χ3n) is 6.23. The molecule has 150 valence electrons. The lowest BCUT2D eigenvalue weighted by atomic mass is 9.73. The van der Waals surface area contributed by atoms with Crippen molar-refractivity contribution in [2.75, 3.05) is 25.1 Å². The first kappa shape index (κ1) is 19.6. The lowest BCUT2D eigenvalue weighted by Gasteiger charge is -2.46. The number of ether oxygens (including phenoxy) is 3. The van der Waals surface area contributed by atoms with E-state index in [1.807, 2.05) is 30.3 Å². The van der Waals surface area contributed by atoms with Gasteiger partial charge in [0.2, 0.25) is 0 Å². The first-order chi connectivity index (χ1) is 13.4. The van der Waals surface area contributed by atoms with Crippen molar-refractivity contribution in [3.05, 3.63) is 54.1 Å². The minimum Gasteiger partial charge on any atom is -0.457 e. The summed E-state index contributed by atoms with van der Waals surface area (Å²) in [7, 11) is 0. The highest BCUT2D eigenvalue weighted by Crippen LogP contribution is 2.48. The predicted molar refractivity (Wildman–Crippen MR) is 113 cm³/mol. The summed E-state index contributed by atoms with van der Waals surface area (Å²) in [5.41, 5.74) is 2.45. The number of fused-ring (bicyclic) bond motifs is 3. The van der Waals surface area contributed by atoms with Gasteiger partial charge < -0.3 is 19.5 Å². The molecule has 0 radical (unpaired) electrons. The molecule has 2 aromatic carbocycles. The van der Waals surface area contributed by atoms with Crippen LogP contribution < -0.4 is 10.1 Å². The third kappa shape index (κ3) is 3.86. The van der Waals surface area contributed by atoms with Crippen LogP contribution in [0.15, 0.2) is 48.5 Å². The second-order valence-electron chi connectivity index (χ2n) is 7.88. The Hall–Kier alpha value is -1.75. The summed E-state index contributed by atoms with van der Waals surface area (Å²) in [6, 6.07) is 16.8. The quantitative estimate of drug-likeness (QED) is 0.727. The van der Waals surface area contributed by atoms with Crippen molar-refractivity contribution in [3.63, 3.8) is 0 Å². The van der Waals surface area contributed by atoms with E-state index in [1.54, 1.807) is 0 Å². The van der Waals surface area contributed by atoms with Gasteiger partial charge >= 0.3 is 0 Å². The Kier molecular flexibility index (Phi) is 6.10. The predicted octanol–water partition coefficient (Wildman–Crippen LogP) is 5.59. The summed E-state index contributed by atoms with van der Waals surface area (Å²) in [6.07, 6.45) is 4.83. The van der Waals surface area contributed by atoms with Gasteiger partial charge in [-0.3, -0.25) is 0 Å². The van der Waals surface area contributed by atoms with Gasteiger partial charge in [-0.2, -0.15) is 0 Å². The lowest BCUT2D eigenvalue weighted by Crippen LogP contribution is -2.46. The number of hydrogen-bond donors (Lipinski definition) is 1. The fraction of sp³-hybridized carbons (Fsp3) is 0.478. The summed E-state index contributed by atoms with van der Waals surface area (Å²) < 4.78 is 18.0. The van der Waals surface area contributed by atoms with E-state index in [4.69, 9.17) is 14.2 Å². The standard InChI is InChI=1S/C23H27NO3.ClH/c1-2-5-17(6-3-1)27-18-8-9-21-20(15-18)23-19(7-4-12-26-23)22(24-21)16-10-13-25-14-11-16;/h1-3,5-6,8-9,15-16,19,22-24H,4,7,10-14H2;1H/t19-,22+,23-;/m0./s1. The monoisotopic (exact) mass is 401 g/mol. The summed E-state index contributed by atoms with van der Waals surface area (Å²) >= 11 is 0. The molecule has 0 saturated carbocycles. The molecule has 0 bridgehead atoms. The van der Waals surface area contributed by atoms with E-state index < -0.39 is 0 Å². The van der Waals surface area contributed by atoms with Gasteiger partial charge in [0.1, 0.15) is 11.5 Å². The van der Waals surface area contributed by atoms with E-state index in [1.165, 1.54) is 17.7 Å². The zero-order valence-corrected chi connectivity index (χ0v) is 16.8. The minimum absolute atomic E-state index is 0. The van der Waals surface area contributed by atoms with Crippen LogP contribution in [0.4, 0.5) is 5.69 Å². The second kappa shape index (κ2) is 8.73. The van der Waals surface area contributed by atoms with E-state index >= 15 is 0 Å². The molecule has 28 heavy (non-hydrogen) atoms. The SMILES string of the molecule is Cl.c1ccc(Oc2ccc3c(c2)[C@H]2OCCC[C@H]2[C@@H](C2CCOCC2)N3)cc1. The summed E-state index contributed by atoms with van der Waals surface area (Å²) in [4.78, 5) is 0. The van der Waals surface area contributed by atoms with Crippen LogP contribution in [0.3, 0.4) is 0 Å². The van der Waals surface area contributed by atoms with Crippen LogP contribution >= 0.6 is 12.4 Å². The number of benzene rings is 2. The molecule has 5 heteroatoms. The number of para-hydroxylation sites is 1. The molecule has 2 saturated heterocycles. The molecule has 0 unspecified atom stereocenters. The molecule has 1 N–H and O–H groups in total. The van der Waals surface area contributed by atoms with Crippen LogP contribution in [0.25, 0.3) is 0 Å². The van der Waals surface area contributed by atoms with Crippen molar-refractivity contribution in [1.29, 1.82) is 0 Å². The van der Waals surface area contributed by atoms with E-state index in [0.717, 1.165) is 50.6 Å². The summed E-state index contributed by atoms with van der Waals surface area (Å²) in [6.45, 7) is 2.63. The molecule has 5 rings (SSSR count). The molecule has 3 atom stereocenters. The van der Waals surface area contributed by atoms with Gasteiger partial charge in [-0.1, -0.05) is 18.2 Å². The van der Waals surface area contributed by atoms with E-state index in [9.17, 15) is 0 Å². The molecule has 0 aromatic heterocycles. The fourth-order valence-corrected chi connectivity index (χ4v) is 4.92. The van der Waals surface area contributed by atoms with Crippen LogP contribution in [0.1, 0.15) is 37.4 Å². The molecule has 3 heterocycles. The van der Waals surface area contributed by atoms with Gasteiger partial charge in [-0.05, 0) is 61.9 Å². The maximum absolute atomic E-state index is 6.31. The zero-order valence-electron chi connectivity index (χ0n) is 16.0. The van der Waals surface area contributed by atoms with E-state index in [-0.39, 0.29) is 18.5 Å². The van der Waals surface area contributed by atoms with Crippen molar-refractivity contribution in [2.45, 2.75) is 37.8 Å². The smallest absolute Gasteiger partial charge is 0.127 e. The highest BCUT2D eigenvalue weighted by molar-refractivity contribution is 5.85. The van der Waals surface area contributed by atoms with Crippen LogP contribution in [0.2, 0.25) is 0 Å². The van der Waals surface area contributed by atoms with Crippen molar-refractivity contribution < 1.29 is 14.2 Å². The largest absolute Gasteiger partial charge is 0.457 e. The Balaban J connectivity index is 0.00000192. The molecule has 2 aromatic rings. The fourth-order valence-electron chi connectivity index (χ4n) is 4.92. The summed E-state index contributed by atoms with van der Waals surface area (Å²) in [5, 5.41) is 3.87. The van der Waals surface area contributed by atoms with Gasteiger partial charge in [0.25, 0.3) is 0 Å². The molecule has 3 aliphatic rings. The molecule has 0 amide bonds. The minimum atomic E-state index is 0. The molecular formula is C23H28ClNO3. The third-order valence-corrected chi connectivity index (χ3v) is 6.23. The number of rotatable bonds is 3. The van der Waals surface area contributed by atoms with Crippen molar-refractivity contribution in [2.24, 2.45) is 11.8 Å². The highest BCUT2D eigenvalue weighted by Gasteiger charge is 2.42. The van der Waals surface area contributed by atoms with E-state index in [2.05, 4.69) is 23.5 Å². The van der Waals surface area contributed by atoms with Gasteiger partial charge in [0.05, 0.1) is 6.10 Å². The Morgan fingerprint density at radius 1 is 0.893 bits per heavy atom. The molecule has 0 spiro atoms. The topological polar surface area (TPSA) is 39.7 Å². The maximum Gasteiger partial charge on any atom is 0.127 e. The maximum atomic E-state index is 6.31. The first-order valence-corrected chi connectivity index (χ1v) is 10.2. The van der Waals surface area contributed by atoms with E-state index in [0.29, 0.717) is 17.9 Å². The Bertz CT molecular complexity index is 779. The number of anilines is 1. The zero-order chi connectivity index (χ0) is 18.1. The van der Waals surface area contributed by atoms with Crippen molar-refractivity contribution in [3.8, 4) is 11.5 Å². The Labute approximate surface area is 173 Å². The van der Waals surface area contributed by atoms with Crippen LogP contribution in [-0.2, 0) is 9.47 Å². The summed E-state index contributed by atoms with van der Waals surface area (Å²) in [5.74, 6) is 2.93. The molecule has 2 fully saturated rings. The Morgan fingerprint density at radius 2 is 1.71 bits per heavy atom. The Morgan fingerprint density at radius 3 is 2.54 bits per heavy atom. The van der Waals surface area contributed by atoms with Gasteiger partial charge in [0.15, 0.2) is 0 Å². The molecular weight excluding hydrogens is 374 g/mol. The normalized spacial score (nSPS) is 26.9. The lowest BCUT2D eigenvalue weighted by molar-refractivity contribution is -0.0518. The number of halogens is 1.